The van der Waals surface area contributed by atoms with E-state index in [4.69, 9.17) is 5.14 Å². The fraction of sp³-hybridized carbons (Fsp3) is 0.333. The van der Waals surface area contributed by atoms with Crippen LogP contribution in [0.5, 0.6) is 0 Å². The minimum Gasteiger partial charge on any atom is -0.356 e. The number of piperidine rings is 1. The SMILES string of the molecule is Cc1ccc(NC(=O)c2cccnc2N2CCCCC2)cc1S(N)(=O)=O. The number of nitrogens with two attached hydrogens (primary N) is 1. The summed E-state index contributed by atoms with van der Waals surface area (Å²) in [5.74, 6) is 0.325. The predicted molar refractivity (Wildman–Crippen MR) is 101 cm³/mol. The number of hydrogen-bond donors (Lipinski definition) is 2. The summed E-state index contributed by atoms with van der Waals surface area (Å²) in [7, 11) is -3.85. The average Bonchev–Trinajstić information content (AvgIpc) is 2.63. The molecule has 1 aromatic heterocycles. The van der Waals surface area contributed by atoms with Crippen LogP contribution in [0.3, 0.4) is 0 Å². The molecule has 7 nitrogen and oxygen atoms in total. The Morgan fingerprint density at radius 2 is 1.92 bits per heavy atom. The monoisotopic (exact) mass is 374 g/mol. The Labute approximate surface area is 153 Å². The molecule has 0 spiro atoms. The molecule has 0 atom stereocenters. The molecule has 26 heavy (non-hydrogen) atoms. The van der Waals surface area contributed by atoms with Crippen LogP contribution >= 0.6 is 0 Å². The zero-order valence-electron chi connectivity index (χ0n) is 14.6. The van der Waals surface area contributed by atoms with Gasteiger partial charge in [0.2, 0.25) is 10.0 Å². The number of primary sulfonamides is 1. The second kappa shape index (κ2) is 7.43. The van der Waals surface area contributed by atoms with Crippen molar-refractivity contribution in [2.45, 2.75) is 31.1 Å². The minimum absolute atomic E-state index is 0.00209. The van der Waals surface area contributed by atoms with E-state index in [0.717, 1.165) is 25.9 Å². The Morgan fingerprint density at radius 3 is 2.62 bits per heavy atom. The lowest BCUT2D eigenvalue weighted by Crippen LogP contribution is -2.32. The van der Waals surface area contributed by atoms with Gasteiger partial charge >= 0.3 is 0 Å². The van der Waals surface area contributed by atoms with E-state index in [-0.39, 0.29) is 10.8 Å². The number of benzene rings is 1. The summed E-state index contributed by atoms with van der Waals surface area (Å²) in [5, 5.41) is 7.98. The third-order valence-electron chi connectivity index (χ3n) is 4.44. The maximum atomic E-state index is 12.8. The van der Waals surface area contributed by atoms with Gasteiger partial charge < -0.3 is 10.2 Å². The first-order chi connectivity index (χ1) is 12.4. The van der Waals surface area contributed by atoms with Crippen molar-refractivity contribution in [3.05, 3.63) is 47.7 Å². The summed E-state index contributed by atoms with van der Waals surface area (Å²) in [5.41, 5.74) is 1.37. The van der Waals surface area contributed by atoms with Crippen molar-refractivity contribution >= 4 is 27.4 Å². The molecule has 1 aliphatic rings. The minimum atomic E-state index is -3.85. The number of carbonyl (C=O) groups excluding carboxylic acids is 1. The van der Waals surface area contributed by atoms with E-state index in [1.165, 1.54) is 12.5 Å². The molecule has 1 aliphatic heterocycles. The van der Waals surface area contributed by atoms with E-state index in [1.54, 1.807) is 37.4 Å². The number of sulfonamides is 1. The lowest BCUT2D eigenvalue weighted by molar-refractivity contribution is 0.102. The number of amides is 1. The molecule has 2 heterocycles. The number of nitrogens with one attached hydrogen (secondary N) is 1. The molecule has 3 rings (SSSR count). The van der Waals surface area contributed by atoms with Gasteiger partial charge in [-0.25, -0.2) is 18.5 Å². The molecule has 0 aliphatic carbocycles. The van der Waals surface area contributed by atoms with Gasteiger partial charge in [0.25, 0.3) is 5.91 Å². The second-order valence-corrected chi connectivity index (χ2v) is 7.93. The van der Waals surface area contributed by atoms with Crippen LogP contribution < -0.4 is 15.4 Å². The molecule has 1 saturated heterocycles. The van der Waals surface area contributed by atoms with Crippen molar-refractivity contribution in [2.24, 2.45) is 5.14 Å². The van der Waals surface area contributed by atoms with Gasteiger partial charge in [-0.05, 0) is 56.0 Å². The van der Waals surface area contributed by atoms with E-state index >= 15 is 0 Å². The quantitative estimate of drug-likeness (QED) is 0.854. The van der Waals surface area contributed by atoms with E-state index in [9.17, 15) is 13.2 Å². The number of pyridine rings is 1. The fourth-order valence-electron chi connectivity index (χ4n) is 3.11. The molecule has 8 heteroatoms. The number of anilines is 2. The van der Waals surface area contributed by atoms with Gasteiger partial charge in [-0.15, -0.1) is 0 Å². The summed E-state index contributed by atoms with van der Waals surface area (Å²) in [4.78, 5) is 19.3. The first-order valence-corrected chi connectivity index (χ1v) is 10.1. The Hall–Kier alpha value is -2.45. The maximum Gasteiger partial charge on any atom is 0.259 e. The van der Waals surface area contributed by atoms with E-state index in [2.05, 4.69) is 15.2 Å². The molecule has 0 bridgehead atoms. The molecule has 1 aromatic carbocycles. The zero-order valence-corrected chi connectivity index (χ0v) is 15.4. The van der Waals surface area contributed by atoms with Gasteiger partial charge in [0.1, 0.15) is 5.82 Å². The third kappa shape index (κ3) is 4.03. The largest absolute Gasteiger partial charge is 0.356 e. The third-order valence-corrected chi connectivity index (χ3v) is 5.49. The highest BCUT2D eigenvalue weighted by atomic mass is 32.2. The van der Waals surface area contributed by atoms with Crippen LogP contribution in [0.1, 0.15) is 35.2 Å². The van der Waals surface area contributed by atoms with Crippen molar-refractivity contribution in [1.29, 1.82) is 0 Å². The highest BCUT2D eigenvalue weighted by Gasteiger charge is 2.20. The molecular formula is C18H22N4O3S. The van der Waals surface area contributed by atoms with Crippen molar-refractivity contribution in [2.75, 3.05) is 23.3 Å². The van der Waals surface area contributed by atoms with Crippen LogP contribution in [-0.4, -0.2) is 32.4 Å². The maximum absolute atomic E-state index is 12.8. The standard InChI is InChI=1S/C18H22N4O3S/c1-13-7-8-14(12-16(13)26(19,24)25)21-18(23)15-6-5-9-20-17(15)22-10-3-2-4-11-22/h5-9,12H,2-4,10-11H2,1H3,(H,21,23)(H2,19,24,25). The van der Waals surface area contributed by atoms with Gasteiger partial charge in [0, 0.05) is 25.0 Å². The first kappa shape index (κ1) is 18.3. The summed E-state index contributed by atoms with van der Waals surface area (Å²) in [6.45, 7) is 3.40. The summed E-state index contributed by atoms with van der Waals surface area (Å²) >= 11 is 0. The topological polar surface area (TPSA) is 105 Å². The molecule has 3 N–H and O–H groups in total. The van der Waals surface area contributed by atoms with Crippen LogP contribution in [0.15, 0.2) is 41.4 Å². The first-order valence-electron chi connectivity index (χ1n) is 8.51. The molecule has 1 amide bonds. The van der Waals surface area contributed by atoms with Crippen molar-refractivity contribution < 1.29 is 13.2 Å². The average molecular weight is 374 g/mol. The molecule has 138 valence electrons. The summed E-state index contributed by atoms with van der Waals surface area (Å²) in [6.07, 6.45) is 5.01. The van der Waals surface area contributed by atoms with Crippen LogP contribution in [0.2, 0.25) is 0 Å². The Kier molecular flexibility index (Phi) is 5.24. The lowest BCUT2D eigenvalue weighted by atomic mass is 10.1. The van der Waals surface area contributed by atoms with Gasteiger partial charge in [-0.3, -0.25) is 4.79 Å². The summed E-state index contributed by atoms with van der Waals surface area (Å²) < 4.78 is 23.3. The molecule has 0 radical (unpaired) electrons. The van der Waals surface area contributed by atoms with Crippen LogP contribution in [0.4, 0.5) is 11.5 Å². The smallest absolute Gasteiger partial charge is 0.259 e. The molecule has 0 saturated carbocycles. The molecule has 1 fully saturated rings. The van der Waals surface area contributed by atoms with Crippen molar-refractivity contribution in [1.82, 2.24) is 4.98 Å². The number of carbonyl (C=O) groups is 1. The van der Waals surface area contributed by atoms with E-state index < -0.39 is 10.0 Å². The molecule has 0 unspecified atom stereocenters. The Morgan fingerprint density at radius 1 is 1.19 bits per heavy atom. The number of hydrogen-bond acceptors (Lipinski definition) is 5. The second-order valence-electron chi connectivity index (χ2n) is 6.40. The van der Waals surface area contributed by atoms with E-state index in [0.29, 0.717) is 22.6 Å². The van der Waals surface area contributed by atoms with Gasteiger partial charge in [-0.2, -0.15) is 0 Å². The van der Waals surface area contributed by atoms with Crippen LogP contribution in [-0.2, 0) is 10.0 Å². The van der Waals surface area contributed by atoms with Crippen LogP contribution in [0, 0.1) is 6.92 Å². The normalized spacial score (nSPS) is 14.9. The van der Waals surface area contributed by atoms with Crippen molar-refractivity contribution in [3.8, 4) is 0 Å². The highest BCUT2D eigenvalue weighted by Crippen LogP contribution is 2.24. The highest BCUT2D eigenvalue weighted by molar-refractivity contribution is 7.89. The molecule has 2 aromatic rings. The number of aromatic nitrogens is 1. The predicted octanol–water partition coefficient (Wildman–Crippen LogP) is 2.28. The Balaban J connectivity index is 1.87. The van der Waals surface area contributed by atoms with Crippen molar-refractivity contribution in [3.63, 3.8) is 0 Å². The number of rotatable bonds is 4. The number of nitrogens with zero attached hydrogens (tertiary/aromatic N) is 2. The fourth-order valence-corrected chi connectivity index (χ4v) is 3.92. The van der Waals surface area contributed by atoms with Gasteiger partial charge in [0.15, 0.2) is 0 Å². The number of aryl methyl sites for hydroxylation is 1. The van der Waals surface area contributed by atoms with Gasteiger partial charge in [0.05, 0.1) is 10.5 Å². The Bertz CT molecular complexity index is 922. The lowest BCUT2D eigenvalue weighted by Gasteiger charge is -2.29. The van der Waals surface area contributed by atoms with E-state index in [1.807, 2.05) is 0 Å². The van der Waals surface area contributed by atoms with Crippen LogP contribution in [0.25, 0.3) is 0 Å². The van der Waals surface area contributed by atoms with Gasteiger partial charge in [-0.1, -0.05) is 6.07 Å². The summed E-state index contributed by atoms with van der Waals surface area (Å²) in [6, 6.07) is 8.08. The zero-order chi connectivity index (χ0) is 18.7. The molecular weight excluding hydrogens is 352 g/mol.